The molecular weight excluding hydrogens is 338 g/mol. The molecule has 0 aliphatic rings. The molecule has 8 heteroatoms. The van der Waals surface area contributed by atoms with Gasteiger partial charge in [0.05, 0.1) is 10.6 Å². The molecule has 0 aliphatic heterocycles. The van der Waals surface area contributed by atoms with Crippen LogP contribution in [0.1, 0.15) is 15.9 Å². The van der Waals surface area contributed by atoms with E-state index in [0.717, 1.165) is 6.26 Å². The van der Waals surface area contributed by atoms with Gasteiger partial charge in [-0.25, -0.2) is 21.6 Å². The maximum Gasteiger partial charge on any atom is 0.264 e. The molecule has 0 saturated carbocycles. The van der Waals surface area contributed by atoms with Gasteiger partial charge in [-0.1, -0.05) is 30.3 Å². The highest BCUT2D eigenvalue weighted by Crippen LogP contribution is 2.11. The van der Waals surface area contributed by atoms with Gasteiger partial charge in [-0.05, 0) is 29.8 Å². The Morgan fingerprint density at radius 3 is 2.00 bits per heavy atom. The molecule has 0 aromatic heterocycles. The maximum absolute atomic E-state index is 12.0. The minimum atomic E-state index is -3.84. The number of carbonyl (C=O) groups excluding carboxylic acids is 1. The molecule has 0 unspecified atom stereocenters. The molecular formula is C15H15NO5S2. The third-order valence-corrected chi connectivity index (χ3v) is 5.33. The first kappa shape index (κ1) is 17.2. The van der Waals surface area contributed by atoms with Crippen LogP contribution < -0.4 is 4.72 Å². The summed E-state index contributed by atoms with van der Waals surface area (Å²) in [5, 5.41) is 0. The summed E-state index contributed by atoms with van der Waals surface area (Å²) in [6.45, 7) is 0. The molecule has 0 fully saturated rings. The highest BCUT2D eigenvalue weighted by molar-refractivity contribution is 7.90. The largest absolute Gasteiger partial charge is 0.268 e. The molecule has 0 spiro atoms. The van der Waals surface area contributed by atoms with E-state index < -0.39 is 25.8 Å². The normalized spacial score (nSPS) is 11.9. The number of benzene rings is 2. The minimum Gasteiger partial charge on any atom is -0.268 e. The minimum absolute atomic E-state index is 0.0567. The molecule has 2 rings (SSSR count). The topological polar surface area (TPSA) is 97.4 Å². The fraction of sp³-hybridized carbons (Fsp3) is 0.133. The zero-order valence-electron chi connectivity index (χ0n) is 12.3. The van der Waals surface area contributed by atoms with Gasteiger partial charge in [-0.2, -0.15) is 0 Å². The summed E-state index contributed by atoms with van der Waals surface area (Å²) in [5.74, 6) is -1.12. The Labute approximate surface area is 135 Å². The Hall–Kier alpha value is -2.19. The van der Waals surface area contributed by atoms with Crippen molar-refractivity contribution >= 4 is 25.8 Å². The predicted octanol–water partition coefficient (Wildman–Crippen LogP) is 1.35. The van der Waals surface area contributed by atoms with Crippen molar-refractivity contribution in [1.82, 2.24) is 4.72 Å². The maximum atomic E-state index is 12.0. The Bertz CT molecular complexity index is 902. The quantitative estimate of drug-likeness (QED) is 0.875. The number of carbonyl (C=O) groups is 1. The fourth-order valence-electron chi connectivity index (χ4n) is 1.88. The monoisotopic (exact) mass is 353 g/mol. The molecule has 23 heavy (non-hydrogen) atoms. The van der Waals surface area contributed by atoms with Gasteiger partial charge < -0.3 is 0 Å². The van der Waals surface area contributed by atoms with Crippen molar-refractivity contribution in [2.75, 3.05) is 6.26 Å². The van der Waals surface area contributed by atoms with Gasteiger partial charge in [-0.3, -0.25) is 4.79 Å². The molecule has 0 radical (unpaired) electrons. The summed E-state index contributed by atoms with van der Waals surface area (Å²) < 4.78 is 48.6. The van der Waals surface area contributed by atoms with Crippen LogP contribution in [0.3, 0.4) is 0 Å². The van der Waals surface area contributed by atoms with Gasteiger partial charge >= 0.3 is 0 Å². The van der Waals surface area contributed by atoms with E-state index in [1.807, 2.05) is 4.72 Å². The summed E-state index contributed by atoms with van der Waals surface area (Å²) in [7, 11) is -7.21. The SMILES string of the molecule is CS(=O)(=O)c1ccc(C(=O)NS(=O)(=O)Cc2ccccc2)cc1. The first-order valence-electron chi connectivity index (χ1n) is 6.56. The lowest BCUT2D eigenvalue weighted by Gasteiger charge is -2.07. The van der Waals surface area contributed by atoms with Gasteiger partial charge in [-0.15, -0.1) is 0 Å². The second-order valence-corrected chi connectivity index (χ2v) is 8.71. The van der Waals surface area contributed by atoms with Crippen molar-refractivity contribution < 1.29 is 21.6 Å². The first-order valence-corrected chi connectivity index (χ1v) is 10.1. The highest BCUT2D eigenvalue weighted by Gasteiger charge is 2.17. The van der Waals surface area contributed by atoms with Crippen LogP contribution in [0.4, 0.5) is 0 Å². The lowest BCUT2D eigenvalue weighted by atomic mass is 10.2. The summed E-state index contributed by atoms with van der Waals surface area (Å²) >= 11 is 0. The third-order valence-electron chi connectivity index (χ3n) is 2.99. The van der Waals surface area contributed by atoms with Crippen molar-refractivity contribution in [2.45, 2.75) is 10.6 Å². The van der Waals surface area contributed by atoms with Crippen molar-refractivity contribution in [3.63, 3.8) is 0 Å². The number of rotatable bonds is 5. The van der Waals surface area contributed by atoms with Crippen LogP contribution in [-0.2, 0) is 25.6 Å². The molecule has 1 N–H and O–H groups in total. The lowest BCUT2D eigenvalue weighted by Crippen LogP contribution is -2.31. The van der Waals surface area contributed by atoms with E-state index in [4.69, 9.17) is 0 Å². The van der Waals surface area contributed by atoms with Crippen LogP contribution in [0, 0.1) is 0 Å². The number of sulfonamides is 1. The molecule has 6 nitrogen and oxygen atoms in total. The molecule has 2 aromatic rings. The van der Waals surface area contributed by atoms with Crippen LogP contribution in [0.2, 0.25) is 0 Å². The first-order chi connectivity index (χ1) is 10.7. The Morgan fingerprint density at radius 1 is 0.913 bits per heavy atom. The van der Waals surface area contributed by atoms with E-state index in [-0.39, 0.29) is 16.2 Å². The molecule has 122 valence electrons. The molecule has 0 bridgehead atoms. The molecule has 0 saturated heterocycles. The molecule has 1 amide bonds. The van der Waals surface area contributed by atoms with Crippen LogP contribution in [0.5, 0.6) is 0 Å². The predicted molar refractivity (Wildman–Crippen MR) is 86.1 cm³/mol. The number of nitrogens with one attached hydrogen (secondary N) is 1. The van der Waals surface area contributed by atoms with E-state index in [1.54, 1.807) is 30.3 Å². The molecule has 2 aromatic carbocycles. The average Bonchev–Trinajstić information content (AvgIpc) is 2.46. The van der Waals surface area contributed by atoms with Gasteiger partial charge in [0.1, 0.15) is 0 Å². The zero-order chi connectivity index (χ0) is 17.1. The van der Waals surface area contributed by atoms with Crippen molar-refractivity contribution in [3.8, 4) is 0 Å². The number of amides is 1. The van der Waals surface area contributed by atoms with Gasteiger partial charge in [0.15, 0.2) is 9.84 Å². The van der Waals surface area contributed by atoms with Crippen LogP contribution in [0.15, 0.2) is 59.5 Å². The zero-order valence-corrected chi connectivity index (χ0v) is 13.9. The van der Waals surface area contributed by atoms with Gasteiger partial charge in [0.2, 0.25) is 10.0 Å². The van der Waals surface area contributed by atoms with Crippen molar-refractivity contribution in [2.24, 2.45) is 0 Å². The smallest absolute Gasteiger partial charge is 0.264 e. The number of sulfone groups is 1. The Kier molecular flexibility index (Phi) is 4.86. The molecule has 0 aliphatic carbocycles. The third kappa shape index (κ3) is 4.90. The second-order valence-electron chi connectivity index (χ2n) is 4.97. The van der Waals surface area contributed by atoms with Crippen LogP contribution in [-0.4, -0.2) is 29.0 Å². The summed E-state index contributed by atoms with van der Waals surface area (Å²) in [6.07, 6.45) is 1.05. The number of hydrogen-bond donors (Lipinski definition) is 1. The molecule has 0 heterocycles. The van der Waals surface area contributed by atoms with Crippen molar-refractivity contribution in [3.05, 3.63) is 65.7 Å². The van der Waals surface area contributed by atoms with Crippen molar-refractivity contribution in [1.29, 1.82) is 0 Å². The van der Waals surface area contributed by atoms with E-state index >= 15 is 0 Å². The molecule has 0 atom stereocenters. The summed E-state index contributed by atoms with van der Waals surface area (Å²) in [4.78, 5) is 12.0. The Morgan fingerprint density at radius 2 is 1.48 bits per heavy atom. The summed E-state index contributed by atoms with van der Waals surface area (Å²) in [6, 6.07) is 13.5. The van der Waals surface area contributed by atoms with E-state index in [9.17, 15) is 21.6 Å². The Balaban J connectivity index is 2.12. The van der Waals surface area contributed by atoms with Crippen LogP contribution >= 0.6 is 0 Å². The fourth-order valence-corrected chi connectivity index (χ4v) is 3.62. The summed E-state index contributed by atoms with van der Waals surface area (Å²) in [5.41, 5.74) is 0.620. The lowest BCUT2D eigenvalue weighted by molar-refractivity contribution is 0.0981. The number of hydrogen-bond acceptors (Lipinski definition) is 5. The highest BCUT2D eigenvalue weighted by atomic mass is 32.2. The van der Waals surface area contributed by atoms with E-state index in [0.29, 0.717) is 5.56 Å². The standard InChI is InChI=1S/C15H15NO5S2/c1-22(18,19)14-9-7-13(8-10-14)15(17)16-23(20,21)11-12-5-3-2-4-6-12/h2-10H,11H2,1H3,(H,16,17). The average molecular weight is 353 g/mol. The second kappa shape index (κ2) is 6.51. The van der Waals surface area contributed by atoms with E-state index in [2.05, 4.69) is 0 Å². The van der Waals surface area contributed by atoms with Crippen LogP contribution in [0.25, 0.3) is 0 Å². The van der Waals surface area contributed by atoms with E-state index in [1.165, 1.54) is 24.3 Å². The van der Waals surface area contributed by atoms with Gasteiger partial charge in [0, 0.05) is 11.8 Å². The van der Waals surface area contributed by atoms with Gasteiger partial charge in [0.25, 0.3) is 5.91 Å².